The number of hydrogen-bond acceptors (Lipinski definition) is 4. The number of aliphatic hydroxyl groups excluding tert-OH is 1. The van der Waals surface area contributed by atoms with E-state index in [1.54, 1.807) is 6.92 Å². The zero-order valence-electron chi connectivity index (χ0n) is 10.1. The van der Waals surface area contributed by atoms with Crippen LogP contribution in [0.3, 0.4) is 0 Å². The molecule has 99 valence electrons. The van der Waals surface area contributed by atoms with Crippen LogP contribution in [0.15, 0.2) is 10.6 Å². The van der Waals surface area contributed by atoms with E-state index in [2.05, 4.69) is 0 Å². The summed E-state index contributed by atoms with van der Waals surface area (Å²) in [7, 11) is 0. The maximum absolute atomic E-state index is 12.0. The molecule has 3 rings (SSSR count). The molecule has 0 aromatic carbocycles. The van der Waals surface area contributed by atoms with Crippen molar-refractivity contribution < 1.29 is 19.8 Å². The number of nitrogens with zero attached hydrogens (tertiary/aromatic N) is 1. The third-order valence-electron chi connectivity index (χ3n) is 3.43. The first-order valence-electron chi connectivity index (χ1n) is 5.90. The van der Waals surface area contributed by atoms with Gasteiger partial charge in [0.15, 0.2) is 0 Å². The number of allylic oxidation sites excluding steroid dienone is 1. The SMILES string of the molecule is C[C@@H](O)[C@H]1C(=O)N2C(C(=O)O)=C([C]3[CH][CH][CH][CH]3)S[C@H]12. The Labute approximate surface area is 115 Å². The first-order valence-corrected chi connectivity index (χ1v) is 6.77. The van der Waals surface area contributed by atoms with Gasteiger partial charge in [0.25, 0.3) is 0 Å². The number of aliphatic carboxylic acids is 1. The number of thioether (sulfide) groups is 1. The standard InChI is InChI=1S/C13H12NO4S/c1-6(15)8-11(16)14-9(13(17)18)10(19-12(8)14)7-4-2-3-5-7/h2-6,8,12,15H,1H3,(H,17,18)/t6-,8+,12-/m1/s1. The van der Waals surface area contributed by atoms with Crippen molar-refractivity contribution in [2.75, 3.05) is 0 Å². The summed E-state index contributed by atoms with van der Waals surface area (Å²) in [5.74, 6) is -1.14. The quantitative estimate of drug-likeness (QED) is 0.739. The fraction of sp³-hybridized carbons (Fsp3) is 0.308. The number of carbonyl (C=O) groups excluding carboxylic acids is 1. The summed E-state index contributed by atoms with van der Waals surface area (Å²) in [5.41, 5.74) is 0.0306. The van der Waals surface area contributed by atoms with Crippen molar-refractivity contribution in [1.82, 2.24) is 4.90 Å². The van der Waals surface area contributed by atoms with Gasteiger partial charge in [-0.3, -0.25) is 9.69 Å². The van der Waals surface area contributed by atoms with Gasteiger partial charge in [-0.1, -0.05) is 0 Å². The molecule has 1 amide bonds. The molecule has 1 saturated carbocycles. The minimum atomic E-state index is -1.11. The predicted octanol–water partition coefficient (Wildman–Crippen LogP) is 0.600. The van der Waals surface area contributed by atoms with E-state index in [9.17, 15) is 19.8 Å². The molecule has 19 heavy (non-hydrogen) atoms. The number of carboxylic acids is 1. The highest BCUT2D eigenvalue weighted by Crippen LogP contribution is 2.54. The summed E-state index contributed by atoms with van der Waals surface area (Å²) in [6.07, 6.45) is 6.52. The number of carbonyl (C=O) groups is 2. The van der Waals surface area contributed by atoms with Crippen LogP contribution >= 0.6 is 11.8 Å². The van der Waals surface area contributed by atoms with Crippen LogP contribution in [0.1, 0.15) is 6.92 Å². The van der Waals surface area contributed by atoms with E-state index >= 15 is 0 Å². The summed E-state index contributed by atoms with van der Waals surface area (Å²) in [4.78, 5) is 25.2. The average Bonchev–Trinajstić information content (AvgIpc) is 2.92. The van der Waals surface area contributed by atoms with Crippen LogP contribution in [-0.4, -0.2) is 38.5 Å². The number of rotatable bonds is 3. The molecule has 5 nitrogen and oxygen atoms in total. The molecule has 2 fully saturated rings. The summed E-state index contributed by atoms with van der Waals surface area (Å²) in [5, 5.41) is 18.6. The normalized spacial score (nSPS) is 32.5. The Morgan fingerprint density at radius 3 is 2.58 bits per heavy atom. The maximum Gasteiger partial charge on any atom is 0.353 e. The fourth-order valence-electron chi connectivity index (χ4n) is 2.51. The largest absolute Gasteiger partial charge is 0.477 e. The van der Waals surface area contributed by atoms with Gasteiger partial charge < -0.3 is 10.2 Å². The number of aliphatic hydroxyl groups is 1. The molecule has 3 atom stereocenters. The van der Waals surface area contributed by atoms with Gasteiger partial charge in [-0.05, 0) is 32.6 Å². The Kier molecular flexibility index (Phi) is 3.09. The number of hydrogen-bond donors (Lipinski definition) is 2. The van der Waals surface area contributed by atoms with Crippen molar-refractivity contribution >= 4 is 23.6 Å². The molecule has 0 aromatic rings. The van der Waals surface area contributed by atoms with Gasteiger partial charge in [0, 0.05) is 10.8 Å². The summed E-state index contributed by atoms with van der Waals surface area (Å²) in [6, 6.07) is 0. The van der Waals surface area contributed by atoms with Crippen LogP contribution in [0, 0.1) is 37.5 Å². The monoisotopic (exact) mass is 278 g/mol. The Morgan fingerprint density at radius 2 is 2.05 bits per heavy atom. The molecule has 6 heteroatoms. The molecular formula is C13H12NO4S. The van der Waals surface area contributed by atoms with Gasteiger partial charge in [-0.2, -0.15) is 0 Å². The van der Waals surface area contributed by atoms with Crippen molar-refractivity contribution in [2.45, 2.75) is 18.4 Å². The fourth-order valence-corrected chi connectivity index (χ4v) is 4.13. The van der Waals surface area contributed by atoms with Crippen LogP contribution in [0.4, 0.5) is 0 Å². The molecule has 2 aliphatic heterocycles. The van der Waals surface area contributed by atoms with Gasteiger partial charge in [0.2, 0.25) is 5.91 Å². The Morgan fingerprint density at radius 1 is 1.42 bits per heavy atom. The number of amides is 1. The lowest BCUT2D eigenvalue weighted by Crippen LogP contribution is -2.60. The molecule has 2 heterocycles. The number of carboxylic acid groups (broad SMARTS) is 1. The van der Waals surface area contributed by atoms with E-state index < -0.39 is 18.0 Å². The van der Waals surface area contributed by atoms with Gasteiger partial charge in [-0.15, -0.1) is 11.8 Å². The first-order chi connectivity index (χ1) is 9.02. The summed E-state index contributed by atoms with van der Waals surface area (Å²) < 4.78 is 0. The molecule has 1 saturated heterocycles. The van der Waals surface area contributed by atoms with E-state index in [0.717, 1.165) is 5.92 Å². The number of fused-ring (bicyclic) bond motifs is 1. The van der Waals surface area contributed by atoms with Crippen molar-refractivity contribution in [3.63, 3.8) is 0 Å². The lowest BCUT2D eigenvalue weighted by molar-refractivity contribution is -0.156. The van der Waals surface area contributed by atoms with Crippen molar-refractivity contribution in [2.24, 2.45) is 5.92 Å². The van der Waals surface area contributed by atoms with Crippen LogP contribution < -0.4 is 0 Å². The lowest BCUT2D eigenvalue weighted by atomic mass is 9.91. The van der Waals surface area contributed by atoms with Crippen LogP contribution in [0.5, 0.6) is 0 Å². The minimum Gasteiger partial charge on any atom is -0.477 e. The topological polar surface area (TPSA) is 77.8 Å². The van der Waals surface area contributed by atoms with E-state index in [1.807, 2.05) is 25.7 Å². The van der Waals surface area contributed by atoms with Gasteiger partial charge >= 0.3 is 5.97 Å². The molecule has 5 radical (unpaired) electrons. The molecule has 3 aliphatic rings. The van der Waals surface area contributed by atoms with E-state index in [1.165, 1.54) is 16.7 Å². The minimum absolute atomic E-state index is 0.0306. The summed E-state index contributed by atoms with van der Waals surface area (Å²) >= 11 is 1.34. The van der Waals surface area contributed by atoms with Gasteiger partial charge in [0.05, 0.1) is 12.0 Å². The molecule has 0 aromatic heterocycles. The van der Waals surface area contributed by atoms with E-state index in [4.69, 9.17) is 0 Å². The molecule has 1 aliphatic carbocycles. The van der Waals surface area contributed by atoms with Crippen LogP contribution in [-0.2, 0) is 9.59 Å². The van der Waals surface area contributed by atoms with E-state index in [-0.39, 0.29) is 17.0 Å². The third kappa shape index (κ3) is 1.80. The summed E-state index contributed by atoms with van der Waals surface area (Å²) in [6.45, 7) is 1.56. The Hall–Kier alpha value is -1.01. The van der Waals surface area contributed by atoms with E-state index in [0.29, 0.717) is 4.91 Å². The first kappa shape index (κ1) is 13.0. The zero-order chi connectivity index (χ0) is 13.7. The highest BCUT2D eigenvalue weighted by Gasteiger charge is 2.58. The molecule has 2 N–H and O–H groups in total. The van der Waals surface area contributed by atoms with Crippen LogP contribution in [0.25, 0.3) is 0 Å². The van der Waals surface area contributed by atoms with Crippen molar-refractivity contribution in [1.29, 1.82) is 0 Å². The molecular weight excluding hydrogens is 266 g/mol. The second kappa shape index (κ2) is 4.52. The zero-order valence-corrected chi connectivity index (χ0v) is 10.9. The number of β-lactam (4-membered cyclic amide) rings is 1. The Balaban J connectivity index is 1.91. The maximum atomic E-state index is 12.0. The second-order valence-corrected chi connectivity index (χ2v) is 5.77. The smallest absolute Gasteiger partial charge is 0.353 e. The lowest BCUT2D eigenvalue weighted by Gasteiger charge is -2.43. The highest BCUT2D eigenvalue weighted by atomic mass is 32.2. The average molecular weight is 278 g/mol. The molecule has 0 spiro atoms. The molecule has 0 unspecified atom stereocenters. The van der Waals surface area contributed by atoms with Crippen molar-refractivity contribution in [3.8, 4) is 0 Å². The Bertz CT molecular complexity index is 467. The third-order valence-corrected chi connectivity index (χ3v) is 4.84. The van der Waals surface area contributed by atoms with Gasteiger partial charge in [0.1, 0.15) is 11.1 Å². The van der Waals surface area contributed by atoms with Crippen molar-refractivity contribution in [3.05, 3.63) is 42.2 Å². The highest BCUT2D eigenvalue weighted by molar-refractivity contribution is 8.04. The van der Waals surface area contributed by atoms with Gasteiger partial charge in [-0.25, -0.2) is 4.79 Å². The molecule has 0 bridgehead atoms. The predicted molar refractivity (Wildman–Crippen MR) is 68.5 cm³/mol. The second-order valence-electron chi connectivity index (χ2n) is 4.64. The van der Waals surface area contributed by atoms with Crippen LogP contribution in [0.2, 0.25) is 0 Å².